The van der Waals surface area contributed by atoms with Gasteiger partial charge in [-0.2, -0.15) is 0 Å². The summed E-state index contributed by atoms with van der Waals surface area (Å²) in [7, 11) is 0. The van der Waals surface area contributed by atoms with E-state index in [1.165, 1.54) is 36.8 Å². The minimum Gasteiger partial charge on any atom is -0.237 e. The minimum atomic E-state index is 0.486. The van der Waals surface area contributed by atoms with Gasteiger partial charge in [0.25, 0.3) is 0 Å². The molecule has 3 aromatic rings. The molecule has 0 fully saturated rings. The number of rotatable bonds is 10. The number of aromatic nitrogens is 2. The molecule has 1 heterocycles. The molecule has 0 N–H and O–H groups in total. The van der Waals surface area contributed by atoms with Gasteiger partial charge in [0.05, 0.1) is 13.1 Å². The van der Waals surface area contributed by atoms with Crippen LogP contribution < -0.4 is 4.57 Å². The molecule has 0 aliphatic carbocycles. The van der Waals surface area contributed by atoms with Crippen LogP contribution in [0, 0.1) is 0 Å². The number of hydrogen-bond acceptors (Lipinski definition) is 0. The molecular formula is C24H31N2+. The third-order valence-electron chi connectivity index (χ3n) is 5.04. The molecule has 0 amide bonds. The SMILES string of the molecule is CCCCCCn1cc[n+](CC(Cc2ccccc2)c2ccccc2)c1. The normalized spacial score (nSPS) is 12.2. The fourth-order valence-corrected chi connectivity index (χ4v) is 3.57. The maximum absolute atomic E-state index is 2.35. The number of imidazole rings is 1. The van der Waals surface area contributed by atoms with Crippen LogP contribution in [0.5, 0.6) is 0 Å². The Morgan fingerprint density at radius 3 is 2.35 bits per heavy atom. The molecule has 0 saturated carbocycles. The van der Waals surface area contributed by atoms with E-state index in [4.69, 9.17) is 0 Å². The lowest BCUT2D eigenvalue weighted by atomic mass is 9.92. The molecule has 0 spiro atoms. The van der Waals surface area contributed by atoms with Crippen molar-refractivity contribution in [2.75, 3.05) is 0 Å². The highest BCUT2D eigenvalue weighted by molar-refractivity contribution is 5.23. The van der Waals surface area contributed by atoms with Crippen LogP contribution in [-0.4, -0.2) is 4.57 Å². The Morgan fingerprint density at radius 2 is 1.62 bits per heavy atom. The van der Waals surface area contributed by atoms with Crippen molar-refractivity contribution in [1.82, 2.24) is 4.57 Å². The third kappa shape index (κ3) is 5.59. The predicted molar refractivity (Wildman–Crippen MR) is 108 cm³/mol. The molecule has 2 nitrogen and oxygen atoms in total. The molecule has 0 radical (unpaired) electrons. The zero-order valence-corrected chi connectivity index (χ0v) is 15.9. The first-order valence-electron chi connectivity index (χ1n) is 9.99. The Morgan fingerprint density at radius 1 is 0.885 bits per heavy atom. The molecule has 1 unspecified atom stereocenters. The van der Waals surface area contributed by atoms with Gasteiger partial charge in [0.15, 0.2) is 0 Å². The molecular weight excluding hydrogens is 316 g/mol. The van der Waals surface area contributed by atoms with Crippen LogP contribution in [0.2, 0.25) is 0 Å². The van der Waals surface area contributed by atoms with Crippen molar-refractivity contribution in [3.05, 3.63) is 90.5 Å². The van der Waals surface area contributed by atoms with Crippen LogP contribution in [0.3, 0.4) is 0 Å². The van der Waals surface area contributed by atoms with E-state index in [9.17, 15) is 0 Å². The molecule has 0 aliphatic rings. The molecule has 1 aromatic heterocycles. The summed E-state index contributed by atoms with van der Waals surface area (Å²) in [6, 6.07) is 21.8. The van der Waals surface area contributed by atoms with E-state index in [2.05, 4.69) is 95.4 Å². The number of benzene rings is 2. The van der Waals surface area contributed by atoms with Crippen molar-refractivity contribution >= 4 is 0 Å². The van der Waals surface area contributed by atoms with E-state index in [1.54, 1.807) is 0 Å². The molecule has 136 valence electrons. The van der Waals surface area contributed by atoms with Crippen molar-refractivity contribution in [3.63, 3.8) is 0 Å². The first-order chi connectivity index (χ1) is 12.8. The summed E-state index contributed by atoms with van der Waals surface area (Å²) in [5.41, 5.74) is 2.82. The van der Waals surface area contributed by atoms with Gasteiger partial charge in [0, 0.05) is 5.92 Å². The van der Waals surface area contributed by atoms with Crippen molar-refractivity contribution in [2.45, 2.75) is 58.0 Å². The summed E-state index contributed by atoms with van der Waals surface area (Å²) in [6.07, 6.45) is 13.0. The van der Waals surface area contributed by atoms with Crippen molar-refractivity contribution in [3.8, 4) is 0 Å². The van der Waals surface area contributed by atoms with E-state index >= 15 is 0 Å². The van der Waals surface area contributed by atoms with E-state index < -0.39 is 0 Å². The molecule has 2 aromatic carbocycles. The van der Waals surface area contributed by atoms with Gasteiger partial charge < -0.3 is 0 Å². The number of aryl methyl sites for hydroxylation is 1. The van der Waals surface area contributed by atoms with Gasteiger partial charge >= 0.3 is 0 Å². The Bertz CT molecular complexity index is 746. The number of unbranched alkanes of at least 4 members (excludes halogenated alkanes) is 3. The smallest absolute Gasteiger partial charge is 0.237 e. The van der Waals surface area contributed by atoms with Gasteiger partial charge in [-0.25, -0.2) is 9.13 Å². The van der Waals surface area contributed by atoms with Crippen LogP contribution in [-0.2, 0) is 19.5 Å². The van der Waals surface area contributed by atoms with Crippen LogP contribution in [0.4, 0.5) is 0 Å². The molecule has 0 aliphatic heterocycles. The third-order valence-corrected chi connectivity index (χ3v) is 5.04. The van der Waals surface area contributed by atoms with Gasteiger partial charge in [-0.1, -0.05) is 80.4 Å². The van der Waals surface area contributed by atoms with Crippen molar-refractivity contribution < 1.29 is 4.57 Å². The summed E-state index contributed by atoms with van der Waals surface area (Å²) >= 11 is 0. The summed E-state index contributed by atoms with van der Waals surface area (Å²) < 4.78 is 4.68. The quantitative estimate of drug-likeness (QED) is 0.344. The van der Waals surface area contributed by atoms with Gasteiger partial charge in [-0.15, -0.1) is 0 Å². The van der Waals surface area contributed by atoms with Gasteiger partial charge in [0.1, 0.15) is 12.4 Å². The second-order valence-electron chi connectivity index (χ2n) is 7.21. The highest BCUT2D eigenvalue weighted by Crippen LogP contribution is 2.21. The lowest BCUT2D eigenvalue weighted by Gasteiger charge is -2.15. The monoisotopic (exact) mass is 347 g/mol. The van der Waals surface area contributed by atoms with Gasteiger partial charge in [-0.05, 0) is 30.4 Å². The second kappa shape index (κ2) is 9.96. The number of nitrogens with zero attached hydrogens (tertiary/aromatic N) is 2. The van der Waals surface area contributed by atoms with Crippen LogP contribution in [0.25, 0.3) is 0 Å². The van der Waals surface area contributed by atoms with Crippen molar-refractivity contribution in [2.24, 2.45) is 0 Å². The van der Waals surface area contributed by atoms with E-state index in [0.29, 0.717) is 5.92 Å². The predicted octanol–water partition coefficient (Wildman–Crippen LogP) is 5.38. The fraction of sp³-hybridized carbons (Fsp3) is 0.375. The highest BCUT2D eigenvalue weighted by atomic mass is 15.1. The average Bonchev–Trinajstić information content (AvgIpc) is 3.14. The van der Waals surface area contributed by atoms with Crippen molar-refractivity contribution in [1.29, 1.82) is 0 Å². The molecule has 1 atom stereocenters. The minimum absolute atomic E-state index is 0.486. The average molecular weight is 348 g/mol. The summed E-state index contributed by atoms with van der Waals surface area (Å²) in [5.74, 6) is 0.486. The number of hydrogen-bond donors (Lipinski definition) is 0. The fourth-order valence-electron chi connectivity index (χ4n) is 3.57. The lowest BCUT2D eigenvalue weighted by molar-refractivity contribution is -0.699. The Labute approximate surface area is 158 Å². The van der Waals surface area contributed by atoms with E-state index in [0.717, 1.165) is 19.5 Å². The Balaban J connectivity index is 1.67. The van der Waals surface area contributed by atoms with Crippen LogP contribution in [0.1, 0.15) is 49.7 Å². The molecule has 3 rings (SSSR count). The molecule has 0 bridgehead atoms. The molecule has 2 heteroatoms. The van der Waals surface area contributed by atoms with E-state index in [1.807, 2.05) is 0 Å². The lowest BCUT2D eigenvalue weighted by Crippen LogP contribution is -2.35. The largest absolute Gasteiger partial charge is 0.243 e. The second-order valence-corrected chi connectivity index (χ2v) is 7.21. The Kier molecular flexibility index (Phi) is 7.06. The molecule has 0 saturated heterocycles. The topological polar surface area (TPSA) is 8.81 Å². The zero-order chi connectivity index (χ0) is 18.0. The summed E-state index contributed by atoms with van der Waals surface area (Å²) in [5, 5.41) is 0. The van der Waals surface area contributed by atoms with Gasteiger partial charge in [0.2, 0.25) is 6.33 Å². The first kappa shape index (κ1) is 18.4. The first-order valence-corrected chi connectivity index (χ1v) is 9.99. The maximum atomic E-state index is 2.35. The standard InChI is InChI=1S/C24H31N2/c1-2-3-4-11-16-25-17-18-26(21-25)20-24(23-14-9-6-10-15-23)19-22-12-7-5-8-13-22/h5-10,12-15,17-18,21,24H,2-4,11,16,19-20H2,1H3/q+1. The Hall–Kier alpha value is -2.35. The molecule has 26 heavy (non-hydrogen) atoms. The summed E-state index contributed by atoms with van der Waals surface area (Å²) in [6.45, 7) is 4.41. The van der Waals surface area contributed by atoms with Crippen LogP contribution in [0.15, 0.2) is 79.4 Å². The zero-order valence-electron chi connectivity index (χ0n) is 15.9. The highest BCUT2D eigenvalue weighted by Gasteiger charge is 2.16. The maximum Gasteiger partial charge on any atom is 0.243 e. The summed E-state index contributed by atoms with van der Waals surface area (Å²) in [4.78, 5) is 0. The van der Waals surface area contributed by atoms with Gasteiger partial charge in [-0.3, -0.25) is 0 Å². The van der Waals surface area contributed by atoms with Crippen LogP contribution >= 0.6 is 0 Å². The van der Waals surface area contributed by atoms with E-state index in [-0.39, 0.29) is 0 Å².